The summed E-state index contributed by atoms with van der Waals surface area (Å²) in [6.45, 7) is 8.71. The highest BCUT2D eigenvalue weighted by Gasteiger charge is 2.80. The first-order valence-electron chi connectivity index (χ1n) is 10.9. The van der Waals surface area contributed by atoms with Crippen LogP contribution in [0.25, 0.3) is 0 Å². The van der Waals surface area contributed by atoms with E-state index >= 15 is 0 Å². The molecule has 0 aromatic heterocycles. The van der Waals surface area contributed by atoms with E-state index in [0.29, 0.717) is 17.8 Å². The molecule has 4 heteroatoms. The second-order valence-corrected chi connectivity index (χ2v) is 10.8. The van der Waals surface area contributed by atoms with E-state index < -0.39 is 0 Å². The summed E-state index contributed by atoms with van der Waals surface area (Å²) in [7, 11) is 0. The van der Waals surface area contributed by atoms with Gasteiger partial charge in [-0.25, -0.2) is 4.90 Å². The molecule has 9 fully saturated rings. The quantitative estimate of drug-likeness (QED) is 0.677. The predicted molar refractivity (Wildman–Crippen MR) is 96.0 cm³/mol. The Hall–Kier alpha value is -0.420. The Morgan fingerprint density at radius 2 is 2.00 bits per heavy atom. The molecule has 5 saturated carbocycles. The molecule has 0 radical (unpaired) electrons. The van der Waals surface area contributed by atoms with E-state index in [1.165, 1.54) is 32.1 Å². The van der Waals surface area contributed by atoms with Crippen molar-refractivity contribution >= 4 is 0 Å². The number of piperidine rings is 1. The molecule has 1 N–H and O–H groups in total. The van der Waals surface area contributed by atoms with Crippen molar-refractivity contribution in [3.63, 3.8) is 0 Å². The summed E-state index contributed by atoms with van der Waals surface area (Å²) in [5, 5.41) is 11.4. The zero-order chi connectivity index (χ0) is 17.5. The van der Waals surface area contributed by atoms with Gasteiger partial charge in [0.15, 0.2) is 0 Å². The fraction of sp³-hybridized carbons (Fsp3) is 0.909. The van der Waals surface area contributed by atoms with Gasteiger partial charge in [-0.2, -0.15) is 0 Å². The summed E-state index contributed by atoms with van der Waals surface area (Å²) >= 11 is 0. The maximum Gasteiger partial charge on any atom is 0.119 e. The molecule has 0 amide bonds. The van der Waals surface area contributed by atoms with Crippen LogP contribution in [-0.2, 0) is 9.47 Å². The second-order valence-electron chi connectivity index (χ2n) is 10.8. The molecule has 3 unspecified atom stereocenters. The second kappa shape index (κ2) is 4.42. The van der Waals surface area contributed by atoms with Gasteiger partial charge in [0.2, 0.25) is 0 Å². The van der Waals surface area contributed by atoms with Crippen LogP contribution in [0.2, 0.25) is 0 Å². The first-order valence-corrected chi connectivity index (χ1v) is 10.9. The van der Waals surface area contributed by atoms with Crippen LogP contribution in [0.1, 0.15) is 51.9 Å². The van der Waals surface area contributed by atoms with E-state index in [2.05, 4.69) is 18.4 Å². The third kappa shape index (κ3) is 1.32. The summed E-state index contributed by atoms with van der Waals surface area (Å²) in [4.78, 5) is 2.60. The number of hydrogen-bond donors (Lipinski definition) is 1. The summed E-state index contributed by atoms with van der Waals surface area (Å²) in [6, 6.07) is 0. The zero-order valence-corrected chi connectivity index (χ0v) is 15.8. The number of ether oxygens (including phenoxy) is 2. The Labute approximate surface area is 155 Å². The number of aliphatic hydroxyl groups excluding tert-OH is 1. The molecule has 7 bridgehead atoms. The number of aliphatic hydroxyl groups is 1. The van der Waals surface area contributed by atoms with Gasteiger partial charge in [-0.05, 0) is 61.9 Å². The average Bonchev–Trinajstić information content (AvgIpc) is 3.14. The molecule has 2 spiro atoms. The molecule has 0 aromatic rings. The number of fused-ring (bicyclic) bond motifs is 4. The van der Waals surface area contributed by atoms with Crippen molar-refractivity contribution < 1.29 is 14.6 Å². The van der Waals surface area contributed by atoms with E-state index in [0.717, 1.165) is 31.6 Å². The SMILES string of the molecule is C=C1[C@H]2CCC3(C(C2)[C@]24CCC[C@]5(C)C2C[C@H]3O[C@H]4N2CCO[C@@H]25)[C@H]1O. The highest BCUT2D eigenvalue weighted by molar-refractivity contribution is 5.32. The largest absolute Gasteiger partial charge is 0.388 e. The molecule has 4 saturated heterocycles. The molecule has 4 aliphatic heterocycles. The first-order chi connectivity index (χ1) is 12.5. The van der Waals surface area contributed by atoms with E-state index in [1.54, 1.807) is 0 Å². The molecule has 142 valence electrons. The van der Waals surface area contributed by atoms with Gasteiger partial charge in [0.05, 0.1) is 18.8 Å². The van der Waals surface area contributed by atoms with E-state index in [1.807, 2.05) is 0 Å². The minimum atomic E-state index is -0.345. The van der Waals surface area contributed by atoms with Crippen molar-refractivity contribution in [3.8, 4) is 0 Å². The molecule has 5 aliphatic carbocycles. The maximum absolute atomic E-state index is 11.4. The minimum Gasteiger partial charge on any atom is -0.388 e. The summed E-state index contributed by atoms with van der Waals surface area (Å²) < 4.78 is 13.2. The molecule has 26 heavy (non-hydrogen) atoms. The van der Waals surface area contributed by atoms with Crippen molar-refractivity contribution in [2.24, 2.45) is 34.0 Å². The molecule has 4 heterocycles. The summed E-state index contributed by atoms with van der Waals surface area (Å²) in [5.74, 6) is 1.84. The molecule has 9 aliphatic rings. The van der Waals surface area contributed by atoms with Gasteiger partial charge < -0.3 is 14.6 Å². The highest BCUT2D eigenvalue weighted by atomic mass is 16.6. The first kappa shape index (κ1) is 15.5. The van der Waals surface area contributed by atoms with Crippen LogP contribution in [0, 0.1) is 34.0 Å². The Morgan fingerprint density at radius 1 is 1.12 bits per heavy atom. The van der Waals surface area contributed by atoms with Gasteiger partial charge in [0.1, 0.15) is 12.5 Å². The van der Waals surface area contributed by atoms with Gasteiger partial charge in [-0.3, -0.25) is 0 Å². The van der Waals surface area contributed by atoms with Crippen LogP contribution < -0.4 is 0 Å². The molecule has 9 rings (SSSR count). The zero-order valence-electron chi connectivity index (χ0n) is 15.8. The fourth-order valence-electron chi connectivity index (χ4n) is 9.72. The Morgan fingerprint density at radius 3 is 2.88 bits per heavy atom. The molecular formula is C22H31NO3. The molecule has 0 aromatic carbocycles. The highest BCUT2D eigenvalue weighted by Crippen LogP contribution is 2.79. The van der Waals surface area contributed by atoms with Crippen molar-refractivity contribution in [2.75, 3.05) is 13.2 Å². The lowest BCUT2D eigenvalue weighted by molar-refractivity contribution is -0.422. The predicted octanol–water partition coefficient (Wildman–Crippen LogP) is 2.91. The third-order valence-corrected chi connectivity index (χ3v) is 10.5. The van der Waals surface area contributed by atoms with Gasteiger partial charge in [0, 0.05) is 22.8 Å². The lowest BCUT2D eigenvalue weighted by Crippen LogP contribution is -2.83. The maximum atomic E-state index is 11.4. The summed E-state index contributed by atoms with van der Waals surface area (Å²) in [6.07, 6.45) is 8.94. The van der Waals surface area contributed by atoms with Gasteiger partial charge in [-0.15, -0.1) is 0 Å². The smallest absolute Gasteiger partial charge is 0.119 e. The van der Waals surface area contributed by atoms with Crippen LogP contribution in [0.4, 0.5) is 0 Å². The van der Waals surface area contributed by atoms with Crippen LogP contribution in [0.5, 0.6) is 0 Å². The van der Waals surface area contributed by atoms with Crippen LogP contribution in [0.15, 0.2) is 12.2 Å². The Kier molecular flexibility index (Phi) is 2.64. The van der Waals surface area contributed by atoms with Gasteiger partial charge >= 0.3 is 0 Å². The number of nitrogens with zero attached hydrogens (tertiary/aromatic N) is 1. The lowest BCUT2D eigenvalue weighted by atomic mass is 9.32. The average molecular weight is 357 g/mol. The topological polar surface area (TPSA) is 41.9 Å². The minimum absolute atomic E-state index is 0.0511. The van der Waals surface area contributed by atoms with Crippen molar-refractivity contribution in [1.82, 2.24) is 4.90 Å². The van der Waals surface area contributed by atoms with E-state index in [9.17, 15) is 5.11 Å². The lowest BCUT2D eigenvalue weighted by Gasteiger charge is -2.80. The standard InChI is InChI=1S/C22H31NO3/c1-12-13-4-7-22(17(12)24)15(10-13)21-6-3-5-20(2)14(21)11-16(22)26-19(21)23-8-9-25-18(20)23/h13-19,24H,1,3-11H2,2H3/t13-,14?,15?,16+,17-,18+,19+,20+,21-,22?/m0/s1. The van der Waals surface area contributed by atoms with Gasteiger partial charge in [0.25, 0.3) is 0 Å². The third-order valence-electron chi connectivity index (χ3n) is 10.5. The van der Waals surface area contributed by atoms with Crippen LogP contribution in [-0.4, -0.2) is 47.8 Å². The van der Waals surface area contributed by atoms with E-state index in [-0.39, 0.29) is 40.9 Å². The van der Waals surface area contributed by atoms with Crippen molar-refractivity contribution in [3.05, 3.63) is 12.2 Å². The van der Waals surface area contributed by atoms with Crippen molar-refractivity contribution in [1.29, 1.82) is 0 Å². The summed E-state index contributed by atoms with van der Waals surface area (Å²) in [5.41, 5.74) is 1.55. The van der Waals surface area contributed by atoms with Crippen molar-refractivity contribution in [2.45, 2.75) is 76.5 Å². The molecule has 10 atom stereocenters. The molecular weight excluding hydrogens is 326 g/mol. The monoisotopic (exact) mass is 357 g/mol. The number of hydrogen-bond acceptors (Lipinski definition) is 4. The Bertz CT molecular complexity index is 710. The Balaban J connectivity index is 1.45. The number of rotatable bonds is 0. The fourth-order valence-corrected chi connectivity index (χ4v) is 9.72. The molecule has 4 nitrogen and oxygen atoms in total. The van der Waals surface area contributed by atoms with Crippen LogP contribution >= 0.6 is 0 Å². The van der Waals surface area contributed by atoms with E-state index in [4.69, 9.17) is 9.47 Å². The normalized spacial score (nSPS) is 65.2. The van der Waals surface area contributed by atoms with Gasteiger partial charge in [-0.1, -0.05) is 19.9 Å². The van der Waals surface area contributed by atoms with Crippen LogP contribution in [0.3, 0.4) is 0 Å².